The molecule has 0 spiro atoms. The topological polar surface area (TPSA) is 67.4 Å². The average molecular weight is 312 g/mol. The summed E-state index contributed by atoms with van der Waals surface area (Å²) in [6.45, 7) is 2.29. The second kappa shape index (κ2) is 7.77. The fourth-order valence-electron chi connectivity index (χ4n) is 2.56. The van der Waals surface area contributed by atoms with Crippen molar-refractivity contribution in [3.8, 4) is 5.75 Å². The summed E-state index contributed by atoms with van der Waals surface area (Å²) in [4.78, 5) is 0. The molecule has 0 amide bonds. The van der Waals surface area contributed by atoms with Crippen LogP contribution in [0.4, 0.5) is 0 Å². The molecule has 0 saturated carbocycles. The third-order valence-electron chi connectivity index (χ3n) is 3.81. The molecule has 21 heavy (non-hydrogen) atoms. The summed E-state index contributed by atoms with van der Waals surface area (Å²) in [5.41, 5.74) is 1.10. The van der Waals surface area contributed by atoms with Crippen LogP contribution in [0.25, 0.3) is 0 Å². The van der Waals surface area contributed by atoms with Crippen LogP contribution >= 0.6 is 0 Å². The van der Waals surface area contributed by atoms with Gasteiger partial charge >= 0.3 is 0 Å². The number of rotatable bonds is 7. The summed E-state index contributed by atoms with van der Waals surface area (Å²) in [6, 6.07) is 7.69. The number of piperidine rings is 1. The minimum atomic E-state index is -3.17. The van der Waals surface area contributed by atoms with E-state index in [0.29, 0.717) is 13.0 Å². The summed E-state index contributed by atoms with van der Waals surface area (Å²) in [7, 11) is -1.54. The van der Waals surface area contributed by atoms with Crippen molar-refractivity contribution < 1.29 is 13.2 Å². The Kier molecular flexibility index (Phi) is 6.02. The maximum Gasteiger partial charge on any atom is 0.211 e. The predicted molar refractivity (Wildman–Crippen MR) is 84.1 cm³/mol. The maximum atomic E-state index is 12.0. The third-order valence-corrected chi connectivity index (χ3v) is 5.36. The van der Waals surface area contributed by atoms with Crippen molar-refractivity contribution in [3.63, 3.8) is 0 Å². The standard InChI is InChI=1S/C15H24N2O3S/c1-20-15-4-2-13(3-5-15)8-11-17-21(18,19)12-14-6-9-16-10-7-14/h2-5,14,16-17H,6-12H2,1H3. The summed E-state index contributed by atoms with van der Waals surface area (Å²) in [5.74, 6) is 1.34. The predicted octanol–water partition coefficient (Wildman–Crippen LogP) is 1.16. The van der Waals surface area contributed by atoms with Gasteiger partial charge in [-0.25, -0.2) is 13.1 Å². The van der Waals surface area contributed by atoms with E-state index in [0.717, 1.165) is 37.2 Å². The van der Waals surface area contributed by atoms with Crippen LogP contribution in [0.2, 0.25) is 0 Å². The molecule has 0 radical (unpaired) electrons. The summed E-state index contributed by atoms with van der Waals surface area (Å²) in [6.07, 6.45) is 2.58. The fraction of sp³-hybridized carbons (Fsp3) is 0.600. The molecule has 1 fully saturated rings. The summed E-state index contributed by atoms with van der Waals surface area (Å²) in [5, 5.41) is 3.25. The van der Waals surface area contributed by atoms with Gasteiger partial charge < -0.3 is 10.1 Å². The summed E-state index contributed by atoms with van der Waals surface area (Å²) < 4.78 is 31.9. The van der Waals surface area contributed by atoms with Crippen molar-refractivity contribution in [2.45, 2.75) is 19.3 Å². The van der Waals surface area contributed by atoms with Gasteiger partial charge in [0.15, 0.2) is 0 Å². The first-order valence-electron chi connectivity index (χ1n) is 7.40. The molecule has 1 saturated heterocycles. The number of methoxy groups -OCH3 is 1. The Balaban J connectivity index is 1.75. The largest absolute Gasteiger partial charge is 0.497 e. The molecule has 1 aromatic carbocycles. The third kappa shape index (κ3) is 5.65. The summed E-state index contributed by atoms with van der Waals surface area (Å²) >= 11 is 0. The van der Waals surface area contributed by atoms with Crippen molar-refractivity contribution in [1.82, 2.24) is 10.0 Å². The van der Waals surface area contributed by atoms with Gasteiger partial charge in [0, 0.05) is 6.54 Å². The van der Waals surface area contributed by atoms with Gasteiger partial charge in [0.05, 0.1) is 12.9 Å². The van der Waals surface area contributed by atoms with Gasteiger partial charge in [-0.05, 0) is 56.0 Å². The molecule has 1 aliphatic heterocycles. The van der Waals surface area contributed by atoms with Crippen molar-refractivity contribution in [2.24, 2.45) is 5.92 Å². The highest BCUT2D eigenvalue weighted by atomic mass is 32.2. The van der Waals surface area contributed by atoms with Gasteiger partial charge in [-0.3, -0.25) is 0 Å². The Morgan fingerprint density at radius 3 is 2.52 bits per heavy atom. The Bertz CT molecular complexity index is 522. The quantitative estimate of drug-likeness (QED) is 0.793. The van der Waals surface area contributed by atoms with Gasteiger partial charge in [-0.1, -0.05) is 12.1 Å². The van der Waals surface area contributed by atoms with E-state index in [1.54, 1.807) is 7.11 Å². The van der Waals surface area contributed by atoms with Crippen molar-refractivity contribution >= 4 is 10.0 Å². The van der Waals surface area contributed by atoms with Gasteiger partial charge in [-0.15, -0.1) is 0 Å². The Morgan fingerprint density at radius 1 is 1.24 bits per heavy atom. The van der Waals surface area contributed by atoms with Crippen LogP contribution in [0, 0.1) is 5.92 Å². The van der Waals surface area contributed by atoms with E-state index in [-0.39, 0.29) is 11.7 Å². The Morgan fingerprint density at radius 2 is 1.90 bits per heavy atom. The van der Waals surface area contributed by atoms with E-state index in [4.69, 9.17) is 4.74 Å². The number of benzene rings is 1. The first-order chi connectivity index (χ1) is 10.1. The number of hydrogen-bond donors (Lipinski definition) is 2. The molecule has 0 aromatic heterocycles. The lowest BCUT2D eigenvalue weighted by Gasteiger charge is -2.22. The van der Waals surface area contributed by atoms with Crippen LogP contribution in [0.1, 0.15) is 18.4 Å². The number of nitrogens with one attached hydrogen (secondary N) is 2. The van der Waals surface area contributed by atoms with Crippen LogP contribution in [-0.4, -0.2) is 40.9 Å². The average Bonchev–Trinajstić information content (AvgIpc) is 2.48. The van der Waals surface area contributed by atoms with Gasteiger partial charge in [0.25, 0.3) is 0 Å². The highest BCUT2D eigenvalue weighted by Crippen LogP contribution is 2.14. The molecule has 0 aliphatic carbocycles. The minimum Gasteiger partial charge on any atom is -0.497 e. The fourth-order valence-corrected chi connectivity index (χ4v) is 4.05. The molecule has 0 atom stereocenters. The van der Waals surface area contributed by atoms with E-state index in [1.807, 2.05) is 24.3 Å². The second-order valence-electron chi connectivity index (χ2n) is 5.47. The van der Waals surface area contributed by atoms with E-state index in [1.165, 1.54) is 0 Å². The number of ether oxygens (including phenoxy) is 1. The zero-order valence-electron chi connectivity index (χ0n) is 12.5. The lowest BCUT2D eigenvalue weighted by molar-refractivity contribution is 0.400. The molecule has 1 heterocycles. The molecule has 0 bridgehead atoms. The zero-order valence-corrected chi connectivity index (χ0v) is 13.3. The van der Waals surface area contributed by atoms with Crippen molar-refractivity contribution in [3.05, 3.63) is 29.8 Å². The molecule has 0 unspecified atom stereocenters. The monoisotopic (exact) mass is 312 g/mol. The minimum absolute atomic E-state index is 0.247. The molecule has 2 N–H and O–H groups in total. The number of hydrogen-bond acceptors (Lipinski definition) is 4. The van der Waals surface area contributed by atoms with Crippen LogP contribution in [-0.2, 0) is 16.4 Å². The second-order valence-corrected chi connectivity index (χ2v) is 7.32. The molecule has 1 aromatic rings. The van der Waals surface area contributed by atoms with Crippen molar-refractivity contribution in [1.29, 1.82) is 0 Å². The molecule has 118 valence electrons. The lowest BCUT2D eigenvalue weighted by atomic mass is 10.0. The van der Waals surface area contributed by atoms with Crippen LogP contribution in [0.3, 0.4) is 0 Å². The Hall–Kier alpha value is -1.11. The molecular weight excluding hydrogens is 288 g/mol. The SMILES string of the molecule is COc1ccc(CCNS(=O)(=O)CC2CCNCC2)cc1. The maximum absolute atomic E-state index is 12.0. The first kappa shape index (κ1) is 16.3. The van der Waals surface area contributed by atoms with E-state index in [9.17, 15) is 8.42 Å². The van der Waals surface area contributed by atoms with Crippen molar-refractivity contribution in [2.75, 3.05) is 32.5 Å². The van der Waals surface area contributed by atoms with E-state index in [2.05, 4.69) is 10.0 Å². The smallest absolute Gasteiger partial charge is 0.211 e. The van der Waals surface area contributed by atoms with Gasteiger partial charge in [0.2, 0.25) is 10.0 Å². The van der Waals surface area contributed by atoms with Crippen LogP contribution in [0.15, 0.2) is 24.3 Å². The van der Waals surface area contributed by atoms with Gasteiger partial charge in [0.1, 0.15) is 5.75 Å². The molecule has 6 heteroatoms. The highest BCUT2D eigenvalue weighted by molar-refractivity contribution is 7.89. The van der Waals surface area contributed by atoms with Gasteiger partial charge in [-0.2, -0.15) is 0 Å². The van der Waals surface area contributed by atoms with E-state index >= 15 is 0 Å². The molecule has 5 nitrogen and oxygen atoms in total. The van der Waals surface area contributed by atoms with Crippen LogP contribution < -0.4 is 14.8 Å². The molecule has 2 rings (SSSR count). The number of sulfonamides is 1. The molecular formula is C15H24N2O3S. The first-order valence-corrected chi connectivity index (χ1v) is 9.05. The van der Waals surface area contributed by atoms with E-state index < -0.39 is 10.0 Å². The highest BCUT2D eigenvalue weighted by Gasteiger charge is 2.20. The zero-order chi connectivity index (χ0) is 15.1. The molecule has 1 aliphatic rings. The normalized spacial score (nSPS) is 16.8. The Labute approximate surface area is 127 Å². The lowest BCUT2D eigenvalue weighted by Crippen LogP contribution is -2.36. The van der Waals surface area contributed by atoms with Crippen LogP contribution in [0.5, 0.6) is 5.75 Å².